The highest BCUT2D eigenvalue weighted by molar-refractivity contribution is 8.02. The Labute approximate surface area is 314 Å². The number of hydrogen-bond donors (Lipinski definition) is 3. The number of fused-ring (bicyclic) bond motifs is 2. The molecule has 3 aliphatic rings. The van der Waals surface area contributed by atoms with Crippen molar-refractivity contribution in [3.05, 3.63) is 65.6 Å². The molecular weight excluding hydrogens is 723 g/mol. The van der Waals surface area contributed by atoms with Crippen LogP contribution >= 0.6 is 23.5 Å². The van der Waals surface area contributed by atoms with Gasteiger partial charge in [-0.2, -0.15) is 5.10 Å². The van der Waals surface area contributed by atoms with Crippen molar-refractivity contribution in [3.8, 4) is 0 Å². The fraction of sp³-hybridized carbons (Fsp3) is 0.486. The van der Waals surface area contributed by atoms with E-state index in [1.165, 1.54) is 15.8 Å². The third kappa shape index (κ3) is 9.04. The lowest BCUT2D eigenvalue weighted by Crippen LogP contribution is -2.56. The summed E-state index contributed by atoms with van der Waals surface area (Å²) >= 11 is 2.18. The van der Waals surface area contributed by atoms with Crippen LogP contribution in [-0.2, 0) is 19.1 Å². The van der Waals surface area contributed by atoms with Gasteiger partial charge in [0.1, 0.15) is 23.2 Å². The van der Waals surface area contributed by atoms with Gasteiger partial charge in [-0.15, -0.1) is 0 Å². The first-order chi connectivity index (χ1) is 25.3. The molecule has 3 aromatic rings. The number of rotatable bonds is 7. The molecule has 5 atom stereocenters. The zero-order chi connectivity index (χ0) is 37.8. The first-order valence-corrected chi connectivity index (χ1v) is 19.0. The molecule has 0 bridgehead atoms. The van der Waals surface area contributed by atoms with Gasteiger partial charge < -0.3 is 25.4 Å². The van der Waals surface area contributed by atoms with Crippen LogP contribution in [0.3, 0.4) is 0 Å². The summed E-state index contributed by atoms with van der Waals surface area (Å²) in [6.07, 6.45) is 14.1. The van der Waals surface area contributed by atoms with Gasteiger partial charge in [-0.25, -0.2) is 34.2 Å². The maximum absolute atomic E-state index is 14.4. The topological polar surface area (TPSA) is 211 Å². The van der Waals surface area contributed by atoms with Crippen LogP contribution in [0.15, 0.2) is 80.2 Å². The van der Waals surface area contributed by atoms with Crippen LogP contribution in [0.25, 0.3) is 0 Å². The van der Waals surface area contributed by atoms with Gasteiger partial charge in [0, 0.05) is 43.7 Å². The fourth-order valence-electron chi connectivity index (χ4n) is 6.43. The Morgan fingerprint density at radius 1 is 1.00 bits per heavy atom. The predicted octanol–water partition coefficient (Wildman–Crippen LogP) is 3.64. The lowest BCUT2D eigenvalue weighted by Gasteiger charge is -2.30. The molecule has 1 aliphatic carbocycles. The number of carbonyl (C=O) groups excluding carboxylic acids is 3. The van der Waals surface area contributed by atoms with E-state index < -0.39 is 64.6 Å². The van der Waals surface area contributed by atoms with E-state index in [9.17, 15) is 29.1 Å². The van der Waals surface area contributed by atoms with Crippen LogP contribution in [0.4, 0.5) is 4.79 Å². The molecule has 16 nitrogen and oxygen atoms in total. The number of alkyl carbamates (subject to hydrolysis) is 1. The van der Waals surface area contributed by atoms with Gasteiger partial charge in [0.25, 0.3) is 5.56 Å². The Kier molecular flexibility index (Phi) is 11.5. The van der Waals surface area contributed by atoms with Crippen LogP contribution in [0.1, 0.15) is 71.8 Å². The number of allylic oxidation sites excluding steroid dienone is 1. The molecule has 18 heteroatoms. The second-order valence-corrected chi connectivity index (χ2v) is 16.1. The van der Waals surface area contributed by atoms with E-state index in [-0.39, 0.29) is 30.7 Å². The molecule has 6 rings (SSSR count). The van der Waals surface area contributed by atoms with Crippen molar-refractivity contribution in [2.75, 3.05) is 6.54 Å². The minimum Gasteiger partial charge on any atom is -0.479 e. The first kappa shape index (κ1) is 37.9. The Bertz CT molecular complexity index is 1930. The van der Waals surface area contributed by atoms with Crippen molar-refractivity contribution in [2.45, 2.75) is 115 Å². The lowest BCUT2D eigenvalue weighted by atomic mass is 10.0. The quantitative estimate of drug-likeness (QED) is 0.232. The second kappa shape index (κ2) is 16.0. The van der Waals surface area contributed by atoms with E-state index in [1.54, 1.807) is 57.7 Å². The molecule has 0 radical (unpaired) electrons. The van der Waals surface area contributed by atoms with Gasteiger partial charge in [-0.05, 0) is 82.1 Å². The molecule has 0 aromatic carbocycles. The second-order valence-electron chi connectivity index (χ2n) is 14.1. The summed E-state index contributed by atoms with van der Waals surface area (Å²) in [5.41, 5.74) is -2.85. The van der Waals surface area contributed by atoms with E-state index in [4.69, 9.17) is 4.74 Å². The van der Waals surface area contributed by atoms with Crippen molar-refractivity contribution >= 4 is 47.4 Å². The number of amides is 3. The van der Waals surface area contributed by atoms with Gasteiger partial charge in [-0.1, -0.05) is 25.0 Å². The third-order valence-electron chi connectivity index (χ3n) is 9.08. The minimum absolute atomic E-state index is 0.0416. The van der Waals surface area contributed by atoms with Crippen LogP contribution in [0.5, 0.6) is 0 Å². The van der Waals surface area contributed by atoms with Crippen LogP contribution in [0.2, 0.25) is 0 Å². The van der Waals surface area contributed by atoms with Crippen LogP contribution < -0.4 is 16.2 Å². The van der Waals surface area contributed by atoms with E-state index in [1.807, 2.05) is 12.2 Å². The zero-order valence-corrected chi connectivity index (χ0v) is 31.1. The zero-order valence-electron chi connectivity index (χ0n) is 29.5. The molecule has 280 valence electrons. The Balaban J connectivity index is 1.36. The predicted molar refractivity (Wildman–Crippen MR) is 192 cm³/mol. The molecule has 0 spiro atoms. The number of nitrogens with one attached hydrogen (secondary N) is 2. The standard InChI is InChI=1S/C35H41N9O7S2/c1-34(2,3)51-33(50)41-23-12-8-6-4-5-7-11-21-18-35(21,30(48)49)42-27(45)24-17-22(20-43(24)28(23)46)44-29(47)26(53-32-38-15-10-16-39-32)25(19-40-44)52-31-36-13-9-14-37-31/h7,9-11,13-16,19,21-24H,4-6,8,12,17-18,20H2,1-3H3,(H,41,50)(H,42,45)(H,48,49)/b11-7-/t21-,22+,23-,24-,35+/m0/s1. The van der Waals surface area contributed by atoms with E-state index in [0.29, 0.717) is 28.0 Å². The lowest BCUT2D eigenvalue weighted by molar-refractivity contribution is -0.145. The Hall–Kier alpha value is -4.84. The van der Waals surface area contributed by atoms with E-state index in [2.05, 4.69) is 35.7 Å². The van der Waals surface area contributed by atoms with E-state index >= 15 is 0 Å². The normalized spacial score (nSPS) is 25.5. The molecule has 53 heavy (non-hydrogen) atoms. The van der Waals surface area contributed by atoms with Crippen molar-refractivity contribution in [1.29, 1.82) is 0 Å². The molecule has 1 saturated heterocycles. The highest BCUT2D eigenvalue weighted by Gasteiger charge is 2.61. The molecule has 1 saturated carbocycles. The summed E-state index contributed by atoms with van der Waals surface area (Å²) < 4.78 is 6.71. The molecule has 3 aromatic heterocycles. The minimum atomic E-state index is -1.51. The number of aliphatic carboxylic acids is 1. The van der Waals surface area contributed by atoms with Crippen LogP contribution in [-0.4, -0.2) is 93.4 Å². The molecular formula is C35H41N9O7S2. The molecule has 3 amide bonds. The molecule has 5 heterocycles. The van der Waals surface area contributed by atoms with Crippen molar-refractivity contribution in [3.63, 3.8) is 0 Å². The SMILES string of the molecule is CC(C)(C)OC(=O)N[C@H]1CCCCC/C=C\[C@H]2C[C@@]2(C(=O)O)NC(=O)[C@@H]2C[C@@H](n3ncc(Sc4ncccn4)c(Sc4ncccn4)c3=O)CN2C1=O. The number of aromatic nitrogens is 6. The number of ether oxygens (including phenoxy) is 1. The van der Waals surface area contributed by atoms with Crippen molar-refractivity contribution in [1.82, 2.24) is 45.2 Å². The molecule has 2 aliphatic heterocycles. The third-order valence-corrected chi connectivity index (χ3v) is 11.1. The number of nitrogens with zero attached hydrogens (tertiary/aromatic N) is 7. The summed E-state index contributed by atoms with van der Waals surface area (Å²) in [6.45, 7) is 5.03. The average Bonchev–Trinajstić information content (AvgIpc) is 3.63. The van der Waals surface area contributed by atoms with Gasteiger partial charge in [0.2, 0.25) is 11.8 Å². The average molecular weight is 764 g/mol. The summed E-state index contributed by atoms with van der Waals surface area (Å²) in [4.78, 5) is 87.4. The highest BCUT2D eigenvalue weighted by atomic mass is 32.2. The summed E-state index contributed by atoms with van der Waals surface area (Å²) in [6, 6.07) is 0.327. The van der Waals surface area contributed by atoms with Crippen LogP contribution in [0, 0.1) is 5.92 Å². The van der Waals surface area contributed by atoms with E-state index in [0.717, 1.165) is 36.4 Å². The molecule has 3 N–H and O–H groups in total. The molecule has 2 fully saturated rings. The molecule has 0 unspecified atom stereocenters. The first-order valence-electron chi connectivity index (χ1n) is 17.4. The monoisotopic (exact) mass is 763 g/mol. The highest BCUT2D eigenvalue weighted by Crippen LogP contribution is 2.45. The number of carbonyl (C=O) groups is 4. The fourth-order valence-corrected chi connectivity index (χ4v) is 8.13. The van der Waals surface area contributed by atoms with Gasteiger partial charge >= 0.3 is 12.1 Å². The van der Waals surface area contributed by atoms with Crippen molar-refractivity contribution < 1.29 is 29.0 Å². The maximum Gasteiger partial charge on any atom is 0.408 e. The number of carboxylic acids is 1. The van der Waals surface area contributed by atoms with Gasteiger partial charge in [0.15, 0.2) is 10.3 Å². The summed E-state index contributed by atoms with van der Waals surface area (Å²) in [5.74, 6) is -2.78. The van der Waals surface area contributed by atoms with Gasteiger partial charge in [0.05, 0.1) is 22.0 Å². The number of carboxylic acid groups (broad SMARTS) is 1. The van der Waals surface area contributed by atoms with Crippen molar-refractivity contribution in [2.24, 2.45) is 5.92 Å². The van der Waals surface area contributed by atoms with Gasteiger partial charge in [-0.3, -0.25) is 14.4 Å². The number of hydrogen-bond acceptors (Lipinski definition) is 13. The maximum atomic E-state index is 14.4. The largest absolute Gasteiger partial charge is 0.479 e. The summed E-state index contributed by atoms with van der Waals surface area (Å²) in [5, 5.41) is 20.9. The smallest absolute Gasteiger partial charge is 0.408 e. The Morgan fingerprint density at radius 3 is 2.34 bits per heavy atom. The Morgan fingerprint density at radius 2 is 1.68 bits per heavy atom. The summed E-state index contributed by atoms with van der Waals surface area (Å²) in [7, 11) is 0.